The standard InChI is InChI=1S/C19H22N4O4/c1-11-6-14(27-21-11)7-13-9-23(10-17(13)24)19-20-15-8-12(18(25)26-3)4-5-16(15)22(19)2/h4-6,8,13,17,24H,7,9-10H2,1-3H3/t13-,17+/m1/s1. The van der Waals surface area contributed by atoms with Gasteiger partial charge in [0.1, 0.15) is 5.76 Å². The summed E-state index contributed by atoms with van der Waals surface area (Å²) in [6, 6.07) is 7.22. The SMILES string of the molecule is COC(=O)c1ccc2c(c1)nc(N1C[C@@H](Cc3cc(C)no3)[C@@H](O)C1)n2C. The number of hydrogen-bond acceptors (Lipinski definition) is 7. The normalized spacial score (nSPS) is 19.8. The number of imidazole rings is 1. The molecule has 8 heteroatoms. The van der Waals surface area contributed by atoms with E-state index in [4.69, 9.17) is 9.26 Å². The molecule has 3 heterocycles. The molecule has 0 spiro atoms. The third kappa shape index (κ3) is 3.16. The summed E-state index contributed by atoms with van der Waals surface area (Å²) in [7, 11) is 3.29. The largest absolute Gasteiger partial charge is 0.465 e. The zero-order valence-corrected chi connectivity index (χ0v) is 15.5. The average molecular weight is 370 g/mol. The van der Waals surface area contributed by atoms with Gasteiger partial charge in [-0.1, -0.05) is 5.16 Å². The van der Waals surface area contributed by atoms with Crippen LogP contribution >= 0.6 is 0 Å². The van der Waals surface area contributed by atoms with Gasteiger partial charge < -0.3 is 23.8 Å². The first-order valence-corrected chi connectivity index (χ1v) is 8.86. The van der Waals surface area contributed by atoms with Crippen molar-refractivity contribution in [1.82, 2.24) is 14.7 Å². The molecule has 1 aliphatic heterocycles. The number of benzene rings is 1. The number of hydrogen-bond donors (Lipinski definition) is 1. The van der Waals surface area contributed by atoms with Crippen LogP contribution in [0, 0.1) is 12.8 Å². The monoisotopic (exact) mass is 370 g/mol. The number of aryl methyl sites for hydroxylation is 2. The Morgan fingerprint density at radius 2 is 2.19 bits per heavy atom. The van der Waals surface area contributed by atoms with E-state index in [1.807, 2.05) is 30.7 Å². The second-order valence-corrected chi connectivity index (χ2v) is 7.04. The summed E-state index contributed by atoms with van der Waals surface area (Å²) in [5.74, 6) is 1.21. The quantitative estimate of drug-likeness (QED) is 0.699. The van der Waals surface area contributed by atoms with Crippen molar-refractivity contribution in [3.8, 4) is 0 Å². The molecule has 0 saturated carbocycles. The van der Waals surface area contributed by atoms with Crippen LogP contribution in [0.2, 0.25) is 0 Å². The van der Waals surface area contributed by atoms with Gasteiger partial charge in [0.25, 0.3) is 0 Å². The Kier molecular flexibility index (Phi) is 4.35. The minimum Gasteiger partial charge on any atom is -0.465 e. The number of β-amino-alcohol motifs (C(OH)–C–C–N with tert-alkyl or cyclic N) is 1. The highest BCUT2D eigenvalue weighted by Crippen LogP contribution is 2.29. The Labute approximate surface area is 156 Å². The lowest BCUT2D eigenvalue weighted by atomic mass is 10.0. The second kappa shape index (κ2) is 6.70. The molecule has 0 aliphatic carbocycles. The number of carbonyl (C=O) groups is 1. The van der Waals surface area contributed by atoms with Crippen LogP contribution in [0.15, 0.2) is 28.8 Å². The summed E-state index contributed by atoms with van der Waals surface area (Å²) in [6.07, 6.45) is 0.162. The molecule has 3 aromatic rings. The maximum atomic E-state index is 11.8. The lowest BCUT2D eigenvalue weighted by molar-refractivity contribution is 0.0601. The molecule has 0 radical (unpaired) electrons. The number of aliphatic hydroxyl groups excluding tert-OH is 1. The molecule has 2 atom stereocenters. The van der Waals surface area contributed by atoms with Crippen molar-refractivity contribution in [2.75, 3.05) is 25.1 Å². The zero-order chi connectivity index (χ0) is 19.1. The van der Waals surface area contributed by atoms with Crippen LogP contribution in [-0.2, 0) is 18.2 Å². The first kappa shape index (κ1) is 17.5. The molecule has 1 N–H and O–H groups in total. The number of esters is 1. The van der Waals surface area contributed by atoms with E-state index in [1.165, 1.54) is 7.11 Å². The first-order chi connectivity index (χ1) is 13.0. The van der Waals surface area contributed by atoms with Gasteiger partial charge in [-0.2, -0.15) is 0 Å². The number of aromatic nitrogens is 3. The van der Waals surface area contributed by atoms with Crippen molar-refractivity contribution in [1.29, 1.82) is 0 Å². The maximum Gasteiger partial charge on any atom is 0.337 e. The summed E-state index contributed by atoms with van der Waals surface area (Å²) in [5.41, 5.74) is 2.95. The van der Waals surface area contributed by atoms with Crippen LogP contribution in [0.25, 0.3) is 11.0 Å². The van der Waals surface area contributed by atoms with Crippen LogP contribution < -0.4 is 4.90 Å². The van der Waals surface area contributed by atoms with Crippen molar-refractivity contribution < 1.29 is 19.2 Å². The highest BCUT2D eigenvalue weighted by Gasteiger charge is 2.34. The Morgan fingerprint density at radius 1 is 1.37 bits per heavy atom. The number of nitrogens with zero attached hydrogens (tertiary/aromatic N) is 4. The fourth-order valence-corrected chi connectivity index (χ4v) is 3.70. The van der Waals surface area contributed by atoms with Crippen molar-refractivity contribution in [3.05, 3.63) is 41.3 Å². The predicted octanol–water partition coefficient (Wildman–Crippen LogP) is 1.70. The van der Waals surface area contributed by atoms with E-state index < -0.39 is 6.10 Å². The van der Waals surface area contributed by atoms with E-state index in [-0.39, 0.29) is 11.9 Å². The molecule has 8 nitrogen and oxygen atoms in total. The Morgan fingerprint density at radius 3 is 2.89 bits per heavy atom. The van der Waals surface area contributed by atoms with Gasteiger partial charge in [-0.25, -0.2) is 9.78 Å². The molecule has 0 unspecified atom stereocenters. The van der Waals surface area contributed by atoms with Gasteiger partial charge in [-0.3, -0.25) is 0 Å². The molecule has 1 aromatic carbocycles. The number of anilines is 1. The van der Waals surface area contributed by atoms with Crippen LogP contribution in [-0.4, -0.2) is 52.1 Å². The molecule has 142 valence electrons. The topological polar surface area (TPSA) is 93.6 Å². The molecular formula is C19H22N4O4. The third-order valence-electron chi connectivity index (χ3n) is 5.11. The van der Waals surface area contributed by atoms with Gasteiger partial charge in [-0.05, 0) is 25.1 Å². The highest BCUT2D eigenvalue weighted by atomic mass is 16.5. The molecule has 1 fully saturated rings. The van der Waals surface area contributed by atoms with Gasteiger partial charge in [0.15, 0.2) is 0 Å². The minimum absolute atomic E-state index is 0.0443. The number of fused-ring (bicyclic) bond motifs is 1. The maximum absolute atomic E-state index is 11.8. The molecule has 1 aliphatic rings. The van der Waals surface area contributed by atoms with Crippen LogP contribution in [0.1, 0.15) is 21.8 Å². The molecular weight excluding hydrogens is 348 g/mol. The van der Waals surface area contributed by atoms with Crippen molar-refractivity contribution in [2.24, 2.45) is 13.0 Å². The Hall–Kier alpha value is -2.87. The van der Waals surface area contributed by atoms with E-state index in [0.29, 0.717) is 25.1 Å². The molecule has 27 heavy (non-hydrogen) atoms. The Balaban J connectivity index is 1.58. The number of rotatable bonds is 4. The van der Waals surface area contributed by atoms with Gasteiger partial charge >= 0.3 is 5.97 Å². The summed E-state index contributed by atoms with van der Waals surface area (Å²) in [5, 5.41) is 14.4. The third-order valence-corrected chi connectivity index (χ3v) is 5.11. The highest BCUT2D eigenvalue weighted by molar-refractivity contribution is 5.94. The fraction of sp³-hybridized carbons (Fsp3) is 0.421. The minimum atomic E-state index is -0.471. The zero-order valence-electron chi connectivity index (χ0n) is 15.5. The van der Waals surface area contributed by atoms with Crippen molar-refractivity contribution in [3.63, 3.8) is 0 Å². The van der Waals surface area contributed by atoms with Crippen LogP contribution in [0.5, 0.6) is 0 Å². The summed E-state index contributed by atoms with van der Waals surface area (Å²) >= 11 is 0. The molecule has 0 amide bonds. The molecule has 4 rings (SSSR count). The first-order valence-electron chi connectivity index (χ1n) is 8.86. The van der Waals surface area contributed by atoms with E-state index in [9.17, 15) is 9.90 Å². The van der Waals surface area contributed by atoms with Gasteiger partial charge in [0, 0.05) is 38.5 Å². The predicted molar refractivity (Wildman–Crippen MR) is 98.7 cm³/mol. The van der Waals surface area contributed by atoms with Crippen LogP contribution in [0.3, 0.4) is 0 Å². The number of carbonyl (C=O) groups excluding carboxylic acids is 1. The Bertz CT molecular complexity index is 993. The number of methoxy groups -OCH3 is 1. The summed E-state index contributed by atoms with van der Waals surface area (Å²) in [4.78, 5) is 18.5. The lowest BCUT2D eigenvalue weighted by Gasteiger charge is -2.17. The summed E-state index contributed by atoms with van der Waals surface area (Å²) in [6.45, 7) is 3.05. The van der Waals surface area contributed by atoms with Crippen LogP contribution in [0.4, 0.5) is 5.95 Å². The smallest absolute Gasteiger partial charge is 0.337 e. The second-order valence-electron chi connectivity index (χ2n) is 7.04. The van der Waals surface area contributed by atoms with Gasteiger partial charge in [0.05, 0.1) is 35.5 Å². The molecule has 1 saturated heterocycles. The van der Waals surface area contributed by atoms with Crippen molar-refractivity contribution in [2.45, 2.75) is 19.4 Å². The van der Waals surface area contributed by atoms with Crippen molar-refractivity contribution >= 4 is 23.0 Å². The number of ether oxygens (including phenoxy) is 1. The van der Waals surface area contributed by atoms with Gasteiger partial charge in [-0.15, -0.1) is 0 Å². The fourth-order valence-electron chi connectivity index (χ4n) is 3.70. The molecule has 0 bridgehead atoms. The average Bonchev–Trinajstić information content (AvgIpc) is 3.32. The number of aliphatic hydroxyl groups is 1. The van der Waals surface area contributed by atoms with E-state index in [2.05, 4.69) is 15.0 Å². The molecule has 2 aromatic heterocycles. The summed E-state index contributed by atoms with van der Waals surface area (Å²) < 4.78 is 12.0. The van der Waals surface area contributed by atoms with E-state index in [0.717, 1.165) is 28.4 Å². The van der Waals surface area contributed by atoms with Gasteiger partial charge in [0.2, 0.25) is 5.95 Å². The van der Waals surface area contributed by atoms with E-state index >= 15 is 0 Å². The lowest BCUT2D eigenvalue weighted by Crippen LogP contribution is -2.24. The van der Waals surface area contributed by atoms with E-state index in [1.54, 1.807) is 12.1 Å².